The number of aliphatic hydroxyl groups excluding tert-OH is 1. The average molecular weight is 204 g/mol. The van der Waals surface area contributed by atoms with Crippen LogP contribution in [-0.4, -0.2) is 11.2 Å². The minimum Gasteiger partial charge on any atom is -0.392 e. The Morgan fingerprint density at radius 1 is 1.20 bits per heavy atom. The summed E-state index contributed by atoms with van der Waals surface area (Å²) in [6, 6.07) is 8.82. The maximum Gasteiger partial charge on any atom is 0.0608 e. The zero-order chi connectivity index (χ0) is 10.7. The zero-order valence-electron chi connectivity index (χ0n) is 9.45. The van der Waals surface area contributed by atoms with Crippen LogP contribution >= 0.6 is 0 Å². The van der Waals surface area contributed by atoms with Gasteiger partial charge in [0.05, 0.1) is 6.10 Å². The van der Waals surface area contributed by atoms with E-state index in [0.717, 1.165) is 19.3 Å². The topological polar surface area (TPSA) is 20.2 Å². The molecule has 1 aliphatic rings. The lowest BCUT2D eigenvalue weighted by Gasteiger charge is -2.15. The predicted octanol–water partition coefficient (Wildman–Crippen LogP) is 3.27. The molecule has 1 fully saturated rings. The van der Waals surface area contributed by atoms with Crippen LogP contribution in [0.25, 0.3) is 0 Å². The molecule has 0 aromatic heterocycles. The van der Waals surface area contributed by atoms with Crippen LogP contribution < -0.4 is 0 Å². The molecule has 0 bridgehead atoms. The van der Waals surface area contributed by atoms with Crippen molar-refractivity contribution in [3.8, 4) is 0 Å². The highest BCUT2D eigenvalue weighted by Gasteiger charge is 2.26. The van der Waals surface area contributed by atoms with Crippen molar-refractivity contribution in [2.24, 2.45) is 0 Å². The van der Waals surface area contributed by atoms with Crippen LogP contribution in [0.15, 0.2) is 24.3 Å². The van der Waals surface area contributed by atoms with Gasteiger partial charge in [-0.15, -0.1) is 0 Å². The molecule has 0 aliphatic heterocycles. The van der Waals surface area contributed by atoms with E-state index < -0.39 is 0 Å². The maximum atomic E-state index is 9.82. The normalized spacial score (nSPS) is 25.7. The second-order valence-electron chi connectivity index (χ2n) is 4.60. The summed E-state index contributed by atoms with van der Waals surface area (Å²) >= 11 is 0. The van der Waals surface area contributed by atoms with Gasteiger partial charge in [0.15, 0.2) is 0 Å². The molecule has 1 aromatic carbocycles. The van der Waals surface area contributed by atoms with E-state index >= 15 is 0 Å². The fraction of sp³-hybridized carbons (Fsp3) is 0.571. The standard InChI is InChI=1S/C14H20O/c1-2-4-11-7-9-12(10-8-11)13-5-3-6-14(13)15/h7-10,13-15H,2-6H2,1H3/t13-,14-/m0/s1. The molecule has 82 valence electrons. The Balaban J connectivity index is 2.09. The quantitative estimate of drug-likeness (QED) is 0.801. The van der Waals surface area contributed by atoms with Crippen LogP contribution in [0, 0.1) is 0 Å². The van der Waals surface area contributed by atoms with Gasteiger partial charge in [0, 0.05) is 5.92 Å². The molecule has 1 aromatic rings. The fourth-order valence-corrected chi connectivity index (χ4v) is 2.55. The van der Waals surface area contributed by atoms with Crippen molar-refractivity contribution in [3.05, 3.63) is 35.4 Å². The molecule has 1 N–H and O–H groups in total. The highest BCUT2D eigenvalue weighted by atomic mass is 16.3. The van der Waals surface area contributed by atoms with E-state index in [1.807, 2.05) is 0 Å². The van der Waals surface area contributed by atoms with E-state index in [2.05, 4.69) is 31.2 Å². The summed E-state index contributed by atoms with van der Waals surface area (Å²) in [6.45, 7) is 2.20. The van der Waals surface area contributed by atoms with E-state index in [1.165, 1.54) is 24.0 Å². The minimum absolute atomic E-state index is 0.109. The molecule has 0 saturated heterocycles. The van der Waals surface area contributed by atoms with Crippen LogP contribution in [-0.2, 0) is 6.42 Å². The monoisotopic (exact) mass is 204 g/mol. The molecule has 1 aliphatic carbocycles. The molecule has 1 saturated carbocycles. The summed E-state index contributed by atoms with van der Waals surface area (Å²) in [7, 11) is 0. The number of hydrogen-bond donors (Lipinski definition) is 1. The summed E-state index contributed by atoms with van der Waals surface area (Å²) in [5, 5.41) is 9.82. The Labute approximate surface area is 92.1 Å². The average Bonchev–Trinajstić information content (AvgIpc) is 2.66. The molecule has 0 radical (unpaired) electrons. The Morgan fingerprint density at radius 3 is 2.47 bits per heavy atom. The number of benzene rings is 1. The van der Waals surface area contributed by atoms with E-state index in [1.54, 1.807) is 0 Å². The van der Waals surface area contributed by atoms with Crippen LogP contribution in [0.1, 0.15) is 49.7 Å². The molecule has 15 heavy (non-hydrogen) atoms. The van der Waals surface area contributed by atoms with E-state index in [9.17, 15) is 5.11 Å². The largest absolute Gasteiger partial charge is 0.392 e. The number of rotatable bonds is 3. The van der Waals surface area contributed by atoms with E-state index in [0.29, 0.717) is 5.92 Å². The number of aliphatic hydroxyl groups is 1. The molecule has 2 rings (SSSR count). The molecule has 2 atom stereocenters. The smallest absolute Gasteiger partial charge is 0.0608 e. The van der Waals surface area contributed by atoms with Gasteiger partial charge in [0.1, 0.15) is 0 Å². The third-order valence-electron chi connectivity index (χ3n) is 3.43. The van der Waals surface area contributed by atoms with Gasteiger partial charge in [-0.3, -0.25) is 0 Å². The van der Waals surface area contributed by atoms with Gasteiger partial charge in [-0.2, -0.15) is 0 Å². The van der Waals surface area contributed by atoms with Crippen LogP contribution in [0.2, 0.25) is 0 Å². The Hall–Kier alpha value is -0.820. The SMILES string of the molecule is CCCc1ccc([C@@H]2CCC[C@@H]2O)cc1. The first-order chi connectivity index (χ1) is 7.31. The highest BCUT2D eigenvalue weighted by molar-refractivity contribution is 5.27. The molecular formula is C14H20O. The van der Waals surface area contributed by atoms with Gasteiger partial charge in [-0.1, -0.05) is 44.0 Å². The number of aryl methyl sites for hydroxylation is 1. The molecule has 0 heterocycles. The third-order valence-corrected chi connectivity index (χ3v) is 3.43. The van der Waals surface area contributed by atoms with Crippen molar-refractivity contribution in [2.45, 2.75) is 51.0 Å². The van der Waals surface area contributed by atoms with Gasteiger partial charge < -0.3 is 5.11 Å². The van der Waals surface area contributed by atoms with E-state index in [-0.39, 0.29) is 6.10 Å². The number of hydrogen-bond acceptors (Lipinski definition) is 1. The van der Waals surface area contributed by atoms with Gasteiger partial charge in [-0.25, -0.2) is 0 Å². The van der Waals surface area contributed by atoms with Gasteiger partial charge in [-0.05, 0) is 30.4 Å². The van der Waals surface area contributed by atoms with Crippen molar-refractivity contribution in [1.82, 2.24) is 0 Å². The lowest BCUT2D eigenvalue weighted by molar-refractivity contribution is 0.164. The summed E-state index contributed by atoms with van der Waals surface area (Å²) in [5.41, 5.74) is 2.73. The molecule has 0 unspecified atom stereocenters. The van der Waals surface area contributed by atoms with Crippen LogP contribution in [0.5, 0.6) is 0 Å². The Bertz CT molecular complexity index is 302. The first-order valence-corrected chi connectivity index (χ1v) is 6.08. The summed E-state index contributed by atoms with van der Waals surface area (Å²) in [5.74, 6) is 0.390. The first-order valence-electron chi connectivity index (χ1n) is 6.08. The van der Waals surface area contributed by atoms with Gasteiger partial charge in [0.2, 0.25) is 0 Å². The lowest BCUT2D eigenvalue weighted by atomic mass is 9.94. The summed E-state index contributed by atoms with van der Waals surface area (Å²) in [4.78, 5) is 0. The predicted molar refractivity (Wildman–Crippen MR) is 63.0 cm³/mol. The van der Waals surface area contributed by atoms with Crippen LogP contribution in [0.3, 0.4) is 0 Å². The van der Waals surface area contributed by atoms with Crippen molar-refractivity contribution in [3.63, 3.8) is 0 Å². The fourth-order valence-electron chi connectivity index (χ4n) is 2.55. The summed E-state index contributed by atoms with van der Waals surface area (Å²) in [6.07, 6.45) is 5.54. The summed E-state index contributed by atoms with van der Waals surface area (Å²) < 4.78 is 0. The molecule has 0 amide bonds. The van der Waals surface area contributed by atoms with E-state index in [4.69, 9.17) is 0 Å². The highest BCUT2D eigenvalue weighted by Crippen LogP contribution is 2.34. The lowest BCUT2D eigenvalue weighted by Crippen LogP contribution is -2.10. The van der Waals surface area contributed by atoms with Crippen molar-refractivity contribution in [1.29, 1.82) is 0 Å². The molecule has 0 spiro atoms. The minimum atomic E-state index is -0.109. The molecule has 1 heteroatoms. The molecule has 1 nitrogen and oxygen atoms in total. The first kappa shape index (κ1) is 10.7. The van der Waals surface area contributed by atoms with Gasteiger partial charge in [0.25, 0.3) is 0 Å². The molecular weight excluding hydrogens is 184 g/mol. The maximum absolute atomic E-state index is 9.82. The Kier molecular flexibility index (Phi) is 3.42. The second-order valence-corrected chi connectivity index (χ2v) is 4.60. The Morgan fingerprint density at radius 2 is 1.93 bits per heavy atom. The second kappa shape index (κ2) is 4.80. The van der Waals surface area contributed by atoms with Gasteiger partial charge >= 0.3 is 0 Å². The van der Waals surface area contributed by atoms with Crippen LogP contribution in [0.4, 0.5) is 0 Å². The van der Waals surface area contributed by atoms with Crippen molar-refractivity contribution < 1.29 is 5.11 Å². The van der Waals surface area contributed by atoms with Crippen molar-refractivity contribution >= 4 is 0 Å². The zero-order valence-corrected chi connectivity index (χ0v) is 9.45. The van der Waals surface area contributed by atoms with Crippen molar-refractivity contribution in [2.75, 3.05) is 0 Å². The third kappa shape index (κ3) is 2.40.